The van der Waals surface area contributed by atoms with Gasteiger partial charge in [-0.3, -0.25) is 0 Å². The molecule has 0 saturated heterocycles. The van der Waals surface area contributed by atoms with Gasteiger partial charge in [-0.05, 0) is 44.0 Å². The fourth-order valence-electron chi connectivity index (χ4n) is 3.21. The topological polar surface area (TPSA) is 12.5 Å². The summed E-state index contributed by atoms with van der Waals surface area (Å²) in [5, 5.41) is 2.42. The molecule has 120 valence electrons. The maximum Gasteiger partial charge on any atom is 0.127 e. The first-order valence-electron chi connectivity index (χ1n) is 8.39. The number of fused-ring (bicyclic) bond motifs is 1. The molecule has 1 aliphatic carbocycles. The first-order chi connectivity index (χ1) is 11.3. The molecule has 0 aromatic heterocycles. The Hall–Kier alpha value is -2.06. The van der Waals surface area contributed by atoms with Crippen LogP contribution < -0.4 is 4.74 Å². The zero-order valence-corrected chi connectivity index (χ0v) is 14.0. The van der Waals surface area contributed by atoms with Gasteiger partial charge in [0.2, 0.25) is 0 Å². The van der Waals surface area contributed by atoms with Crippen LogP contribution in [0.5, 0.6) is 5.75 Å². The molecule has 0 spiro atoms. The monoisotopic (exact) mass is 307 g/mol. The van der Waals surface area contributed by atoms with Gasteiger partial charge >= 0.3 is 0 Å². The van der Waals surface area contributed by atoms with Crippen molar-refractivity contribution in [2.75, 3.05) is 20.7 Å². The van der Waals surface area contributed by atoms with Crippen LogP contribution in [0.15, 0.2) is 66.3 Å². The number of hydrogen-bond acceptors (Lipinski definition) is 2. The molecule has 0 bridgehead atoms. The average Bonchev–Trinajstić information content (AvgIpc) is 2.59. The Kier molecular flexibility index (Phi) is 5.14. The molecule has 2 aromatic carbocycles. The van der Waals surface area contributed by atoms with Crippen LogP contribution in [0.3, 0.4) is 0 Å². The van der Waals surface area contributed by atoms with Gasteiger partial charge in [-0.2, -0.15) is 0 Å². The largest absolute Gasteiger partial charge is 0.493 e. The maximum atomic E-state index is 6.11. The van der Waals surface area contributed by atoms with Crippen LogP contribution in [-0.4, -0.2) is 31.6 Å². The van der Waals surface area contributed by atoms with E-state index in [1.807, 2.05) is 0 Å². The molecule has 3 rings (SSSR count). The maximum absolute atomic E-state index is 6.11. The molecule has 1 atom stereocenters. The lowest BCUT2D eigenvalue weighted by molar-refractivity contribution is 0.246. The first kappa shape index (κ1) is 15.8. The Bertz CT molecular complexity index is 709. The van der Waals surface area contributed by atoms with Crippen molar-refractivity contribution in [1.29, 1.82) is 0 Å². The summed E-state index contributed by atoms with van der Waals surface area (Å²) in [5.74, 6) is 0.980. The second-order valence-electron chi connectivity index (χ2n) is 6.28. The normalized spacial score (nSPS) is 15.7. The molecule has 2 nitrogen and oxygen atoms in total. The second-order valence-corrected chi connectivity index (χ2v) is 6.28. The summed E-state index contributed by atoms with van der Waals surface area (Å²) in [5.41, 5.74) is 1.42. The third-order valence-corrected chi connectivity index (χ3v) is 4.43. The second kappa shape index (κ2) is 7.47. The molecule has 2 aromatic rings. The molecular formula is C21H25NO. The summed E-state index contributed by atoms with van der Waals surface area (Å²) in [4.78, 5) is 2.29. The SMILES string of the molecule is CN(C)C(CCOc1cccc2ccccc12)C1=CCCC=C1. The van der Waals surface area contributed by atoms with E-state index in [2.05, 4.69) is 79.7 Å². The summed E-state index contributed by atoms with van der Waals surface area (Å²) in [6, 6.07) is 15.1. The quantitative estimate of drug-likeness (QED) is 0.759. The van der Waals surface area contributed by atoms with Crippen LogP contribution in [0, 0.1) is 0 Å². The highest BCUT2D eigenvalue weighted by atomic mass is 16.5. The van der Waals surface area contributed by atoms with Gasteiger partial charge in [0.15, 0.2) is 0 Å². The number of benzene rings is 2. The van der Waals surface area contributed by atoms with E-state index in [-0.39, 0.29) is 0 Å². The summed E-state index contributed by atoms with van der Waals surface area (Å²) < 4.78 is 6.11. The van der Waals surface area contributed by atoms with E-state index < -0.39 is 0 Å². The third-order valence-electron chi connectivity index (χ3n) is 4.43. The van der Waals surface area contributed by atoms with Crippen LogP contribution in [0.1, 0.15) is 19.3 Å². The average molecular weight is 307 g/mol. The van der Waals surface area contributed by atoms with Crippen molar-refractivity contribution in [2.45, 2.75) is 25.3 Å². The number of likely N-dealkylation sites (N-methyl/N-ethyl adjacent to an activating group) is 1. The number of allylic oxidation sites excluding steroid dienone is 2. The number of rotatable bonds is 6. The predicted molar refractivity (Wildman–Crippen MR) is 98.0 cm³/mol. The van der Waals surface area contributed by atoms with Crippen molar-refractivity contribution in [3.8, 4) is 5.75 Å². The molecule has 2 heteroatoms. The molecule has 0 saturated carbocycles. The van der Waals surface area contributed by atoms with Crippen LogP contribution in [0.4, 0.5) is 0 Å². The highest BCUT2D eigenvalue weighted by molar-refractivity contribution is 5.88. The van der Waals surface area contributed by atoms with Crippen LogP contribution >= 0.6 is 0 Å². The lowest BCUT2D eigenvalue weighted by atomic mass is 9.97. The molecule has 0 aliphatic heterocycles. The van der Waals surface area contributed by atoms with Crippen LogP contribution in [-0.2, 0) is 0 Å². The fourth-order valence-corrected chi connectivity index (χ4v) is 3.21. The number of hydrogen-bond donors (Lipinski definition) is 0. The van der Waals surface area contributed by atoms with Gasteiger partial charge in [0.05, 0.1) is 6.61 Å². The summed E-state index contributed by atoms with van der Waals surface area (Å²) in [6.45, 7) is 0.724. The van der Waals surface area contributed by atoms with Crippen molar-refractivity contribution in [3.63, 3.8) is 0 Å². The minimum absolute atomic E-state index is 0.418. The van der Waals surface area contributed by atoms with Crippen molar-refractivity contribution in [3.05, 3.63) is 66.3 Å². The van der Waals surface area contributed by atoms with Gasteiger partial charge in [-0.25, -0.2) is 0 Å². The van der Waals surface area contributed by atoms with E-state index in [0.29, 0.717) is 6.04 Å². The van der Waals surface area contributed by atoms with Gasteiger partial charge in [0, 0.05) is 17.8 Å². The molecule has 0 heterocycles. The van der Waals surface area contributed by atoms with Crippen LogP contribution in [0.25, 0.3) is 10.8 Å². The Morgan fingerprint density at radius 1 is 1.04 bits per heavy atom. The Balaban J connectivity index is 1.67. The Labute approximate surface area is 139 Å². The van der Waals surface area contributed by atoms with E-state index in [1.54, 1.807) is 0 Å². The summed E-state index contributed by atoms with van der Waals surface area (Å²) >= 11 is 0. The highest BCUT2D eigenvalue weighted by Crippen LogP contribution is 2.26. The van der Waals surface area contributed by atoms with Crippen molar-refractivity contribution in [2.24, 2.45) is 0 Å². The van der Waals surface area contributed by atoms with Gasteiger partial charge < -0.3 is 9.64 Å². The minimum Gasteiger partial charge on any atom is -0.493 e. The molecule has 0 fully saturated rings. The summed E-state index contributed by atoms with van der Waals surface area (Å²) in [7, 11) is 4.29. The third kappa shape index (κ3) is 3.83. The van der Waals surface area contributed by atoms with Crippen molar-refractivity contribution >= 4 is 10.8 Å². The molecule has 1 aliphatic rings. The fraction of sp³-hybridized carbons (Fsp3) is 0.333. The molecule has 23 heavy (non-hydrogen) atoms. The zero-order chi connectivity index (χ0) is 16.1. The highest BCUT2D eigenvalue weighted by Gasteiger charge is 2.16. The smallest absolute Gasteiger partial charge is 0.127 e. The minimum atomic E-state index is 0.418. The molecule has 1 unspecified atom stereocenters. The van der Waals surface area contributed by atoms with E-state index in [1.165, 1.54) is 16.3 Å². The molecular weight excluding hydrogens is 282 g/mol. The molecule has 0 radical (unpaired) electrons. The van der Waals surface area contributed by atoms with E-state index in [9.17, 15) is 0 Å². The van der Waals surface area contributed by atoms with Crippen molar-refractivity contribution in [1.82, 2.24) is 4.90 Å². The first-order valence-corrected chi connectivity index (χ1v) is 8.39. The lowest BCUT2D eigenvalue weighted by Crippen LogP contribution is -2.31. The van der Waals surface area contributed by atoms with E-state index >= 15 is 0 Å². The number of ether oxygens (including phenoxy) is 1. The molecule has 0 amide bonds. The van der Waals surface area contributed by atoms with E-state index in [4.69, 9.17) is 4.74 Å². The predicted octanol–water partition coefficient (Wildman–Crippen LogP) is 4.82. The van der Waals surface area contributed by atoms with Gasteiger partial charge in [-0.1, -0.05) is 54.6 Å². The Morgan fingerprint density at radius 3 is 2.65 bits per heavy atom. The van der Waals surface area contributed by atoms with Gasteiger partial charge in [0.25, 0.3) is 0 Å². The number of nitrogens with zero attached hydrogens (tertiary/aromatic N) is 1. The Morgan fingerprint density at radius 2 is 1.87 bits per heavy atom. The van der Waals surface area contributed by atoms with Crippen molar-refractivity contribution < 1.29 is 4.74 Å². The van der Waals surface area contributed by atoms with Gasteiger partial charge in [0.1, 0.15) is 5.75 Å². The lowest BCUT2D eigenvalue weighted by Gasteiger charge is -2.27. The standard InChI is InChI=1S/C21H25NO/c1-22(2)20(18-10-4-3-5-11-18)15-16-23-21-14-8-12-17-9-6-7-13-19(17)21/h4,6-14,20H,3,5,15-16H2,1-2H3. The van der Waals surface area contributed by atoms with E-state index in [0.717, 1.165) is 31.6 Å². The molecule has 0 N–H and O–H groups in total. The van der Waals surface area contributed by atoms with Crippen LogP contribution in [0.2, 0.25) is 0 Å². The summed E-state index contributed by atoms with van der Waals surface area (Å²) in [6.07, 6.45) is 10.2. The van der Waals surface area contributed by atoms with Gasteiger partial charge in [-0.15, -0.1) is 0 Å². The zero-order valence-electron chi connectivity index (χ0n) is 14.0.